The molecule has 4 rings (SSSR count). The van der Waals surface area contributed by atoms with Gasteiger partial charge in [-0.3, -0.25) is 15.0 Å². The van der Waals surface area contributed by atoms with E-state index < -0.39 is 0 Å². The van der Waals surface area contributed by atoms with Crippen LogP contribution >= 0.6 is 0 Å². The van der Waals surface area contributed by atoms with Crippen molar-refractivity contribution in [2.75, 3.05) is 0 Å². The van der Waals surface area contributed by atoms with Crippen LogP contribution in [0.25, 0.3) is 11.2 Å². The lowest BCUT2D eigenvalue weighted by atomic mass is 10.2. The topological polar surface area (TPSA) is 79.5 Å². The molecule has 0 atom stereocenters. The van der Waals surface area contributed by atoms with Gasteiger partial charge in [0.15, 0.2) is 5.49 Å². The van der Waals surface area contributed by atoms with Crippen LogP contribution in [-0.4, -0.2) is 19.1 Å². The van der Waals surface area contributed by atoms with Crippen LogP contribution in [0.5, 0.6) is 0 Å². The molecule has 2 aromatic carbocycles. The van der Waals surface area contributed by atoms with Crippen molar-refractivity contribution in [3.8, 4) is 0 Å². The number of nitrogens with one attached hydrogen (secondary N) is 2. The van der Waals surface area contributed by atoms with Crippen LogP contribution in [0.1, 0.15) is 11.1 Å². The average molecular weight is 331 g/mol. The maximum Gasteiger partial charge on any atom is 0.328 e. The zero-order valence-corrected chi connectivity index (χ0v) is 13.5. The van der Waals surface area contributed by atoms with Crippen molar-refractivity contribution in [3.63, 3.8) is 0 Å². The Kier molecular flexibility index (Phi) is 3.78. The summed E-state index contributed by atoms with van der Waals surface area (Å²) >= 11 is 0. The fraction of sp³-hybridized carbons (Fsp3) is 0.105. The summed E-state index contributed by atoms with van der Waals surface area (Å²) in [5.41, 5.74) is 3.10. The Labute approximate surface area is 143 Å². The van der Waals surface area contributed by atoms with E-state index in [2.05, 4.69) is 9.97 Å². The fourth-order valence-electron chi connectivity index (χ4n) is 2.97. The summed E-state index contributed by atoms with van der Waals surface area (Å²) in [5.74, 6) is 0. The van der Waals surface area contributed by atoms with Crippen LogP contribution < -0.4 is 11.2 Å². The van der Waals surface area contributed by atoms with Crippen LogP contribution in [0, 0.1) is 5.41 Å². The predicted molar refractivity (Wildman–Crippen MR) is 95.3 cm³/mol. The van der Waals surface area contributed by atoms with Crippen LogP contribution in [0.4, 0.5) is 0 Å². The summed E-state index contributed by atoms with van der Waals surface area (Å²) in [4.78, 5) is 19.5. The first-order valence-electron chi connectivity index (χ1n) is 8.03. The second kappa shape index (κ2) is 6.24. The summed E-state index contributed by atoms with van der Waals surface area (Å²) in [6.07, 6.45) is 1.60. The molecule has 6 nitrogen and oxygen atoms in total. The molecule has 0 unspecified atom stereocenters. The molecule has 0 saturated carbocycles. The van der Waals surface area contributed by atoms with Crippen molar-refractivity contribution in [1.82, 2.24) is 19.1 Å². The third-order valence-electron chi connectivity index (χ3n) is 4.18. The van der Waals surface area contributed by atoms with E-state index in [1.54, 1.807) is 10.9 Å². The molecule has 6 heteroatoms. The Hall–Kier alpha value is -3.41. The number of hydrogen-bond donors (Lipinski definition) is 2. The number of aromatic amines is 1. The van der Waals surface area contributed by atoms with Crippen molar-refractivity contribution >= 4 is 11.2 Å². The third kappa shape index (κ3) is 2.89. The van der Waals surface area contributed by atoms with Crippen LogP contribution in [-0.2, 0) is 13.1 Å². The third-order valence-corrected chi connectivity index (χ3v) is 4.18. The molecule has 2 N–H and O–H groups in total. The van der Waals surface area contributed by atoms with Crippen LogP contribution in [0.3, 0.4) is 0 Å². The van der Waals surface area contributed by atoms with Crippen molar-refractivity contribution in [2.45, 2.75) is 13.1 Å². The van der Waals surface area contributed by atoms with Gasteiger partial charge in [0.1, 0.15) is 11.2 Å². The van der Waals surface area contributed by atoms with Gasteiger partial charge in [0, 0.05) is 0 Å². The highest BCUT2D eigenvalue weighted by atomic mass is 16.1. The van der Waals surface area contributed by atoms with Gasteiger partial charge in [-0.05, 0) is 11.1 Å². The summed E-state index contributed by atoms with van der Waals surface area (Å²) in [6, 6.07) is 19.7. The first kappa shape index (κ1) is 15.1. The SMILES string of the molecule is N=c1ncn(Cc2ccccc2)c2[nH]c(=O)n(Cc3ccccc3)c12. The molecule has 0 saturated heterocycles. The number of fused-ring (bicyclic) bond motifs is 1. The molecule has 2 heterocycles. The van der Waals surface area contributed by atoms with Gasteiger partial charge in [0.05, 0.1) is 19.4 Å². The number of aromatic nitrogens is 4. The molecule has 0 aliphatic rings. The second-order valence-electron chi connectivity index (χ2n) is 5.91. The maximum absolute atomic E-state index is 12.5. The van der Waals surface area contributed by atoms with Crippen LogP contribution in [0.2, 0.25) is 0 Å². The highest BCUT2D eigenvalue weighted by Gasteiger charge is 2.13. The van der Waals surface area contributed by atoms with Gasteiger partial charge in [-0.1, -0.05) is 60.7 Å². The van der Waals surface area contributed by atoms with Crippen molar-refractivity contribution in [1.29, 1.82) is 5.41 Å². The quantitative estimate of drug-likeness (QED) is 0.600. The minimum absolute atomic E-state index is 0.0913. The van der Waals surface area contributed by atoms with Crippen molar-refractivity contribution < 1.29 is 0 Å². The lowest BCUT2D eigenvalue weighted by Gasteiger charge is -2.08. The largest absolute Gasteiger partial charge is 0.328 e. The Morgan fingerprint density at radius 3 is 2.16 bits per heavy atom. The molecular formula is C19H17N5O. The van der Waals surface area contributed by atoms with Gasteiger partial charge in [-0.25, -0.2) is 9.78 Å². The van der Waals surface area contributed by atoms with Gasteiger partial charge >= 0.3 is 5.69 Å². The van der Waals surface area contributed by atoms with E-state index >= 15 is 0 Å². The normalized spacial score (nSPS) is 11.0. The minimum atomic E-state index is -0.234. The molecule has 0 aliphatic heterocycles. The number of imidazole rings is 1. The van der Waals surface area contributed by atoms with Gasteiger partial charge in [-0.2, -0.15) is 0 Å². The van der Waals surface area contributed by atoms with E-state index in [0.717, 1.165) is 11.1 Å². The van der Waals surface area contributed by atoms with Crippen molar-refractivity contribution in [2.24, 2.45) is 0 Å². The molecule has 0 bridgehead atoms. The van der Waals surface area contributed by atoms with E-state index in [1.807, 2.05) is 65.2 Å². The van der Waals surface area contributed by atoms with E-state index in [4.69, 9.17) is 5.41 Å². The lowest BCUT2D eigenvalue weighted by Crippen LogP contribution is -2.21. The Morgan fingerprint density at radius 1 is 0.920 bits per heavy atom. The zero-order valence-electron chi connectivity index (χ0n) is 13.5. The molecule has 0 radical (unpaired) electrons. The molecular weight excluding hydrogens is 314 g/mol. The van der Waals surface area contributed by atoms with E-state index in [1.165, 1.54) is 0 Å². The zero-order chi connectivity index (χ0) is 17.2. The maximum atomic E-state index is 12.5. The number of H-pyrrole nitrogens is 1. The van der Waals surface area contributed by atoms with E-state index in [9.17, 15) is 4.79 Å². The molecule has 0 aliphatic carbocycles. The van der Waals surface area contributed by atoms with E-state index in [0.29, 0.717) is 24.3 Å². The summed E-state index contributed by atoms with van der Waals surface area (Å²) in [6.45, 7) is 0.985. The monoisotopic (exact) mass is 331 g/mol. The molecule has 0 fully saturated rings. The first-order chi connectivity index (χ1) is 12.2. The number of rotatable bonds is 4. The van der Waals surface area contributed by atoms with Crippen LogP contribution in [0.15, 0.2) is 71.8 Å². The molecule has 25 heavy (non-hydrogen) atoms. The second-order valence-corrected chi connectivity index (χ2v) is 5.91. The highest BCUT2D eigenvalue weighted by molar-refractivity contribution is 5.69. The minimum Gasteiger partial charge on any atom is -0.312 e. The molecule has 4 aromatic rings. The number of benzene rings is 2. The van der Waals surface area contributed by atoms with Gasteiger partial charge < -0.3 is 4.57 Å². The Balaban J connectivity index is 1.83. The molecule has 2 aromatic heterocycles. The highest BCUT2D eigenvalue weighted by Crippen LogP contribution is 2.10. The fourth-order valence-corrected chi connectivity index (χ4v) is 2.97. The van der Waals surface area contributed by atoms with E-state index in [-0.39, 0.29) is 11.2 Å². The number of hydrogen-bond acceptors (Lipinski definition) is 3. The van der Waals surface area contributed by atoms with Gasteiger partial charge in [0.25, 0.3) is 0 Å². The Morgan fingerprint density at radius 2 is 1.52 bits per heavy atom. The predicted octanol–water partition coefficient (Wildman–Crippen LogP) is 2.10. The first-order valence-corrected chi connectivity index (χ1v) is 8.03. The summed E-state index contributed by atoms with van der Waals surface area (Å²) < 4.78 is 3.44. The van der Waals surface area contributed by atoms with Crippen molar-refractivity contribution in [3.05, 3.63) is 94.1 Å². The molecule has 0 amide bonds. The standard InChI is InChI=1S/C19H17N5O/c20-17-16-18(23(13-21-17)11-14-7-3-1-4-8-14)22-19(25)24(16)12-15-9-5-2-6-10-15/h1-10,13,20H,11-12H2,(H,22,25). The van der Waals surface area contributed by atoms with Gasteiger partial charge in [0.2, 0.25) is 0 Å². The summed E-state index contributed by atoms with van der Waals surface area (Å²) in [7, 11) is 0. The lowest BCUT2D eigenvalue weighted by molar-refractivity contribution is 0.770. The molecule has 124 valence electrons. The number of nitrogens with zero attached hydrogens (tertiary/aromatic N) is 3. The van der Waals surface area contributed by atoms with Gasteiger partial charge in [-0.15, -0.1) is 0 Å². The molecule has 0 spiro atoms. The smallest absolute Gasteiger partial charge is 0.312 e. The average Bonchev–Trinajstić information content (AvgIpc) is 2.97. The summed E-state index contributed by atoms with van der Waals surface area (Å²) in [5, 5.41) is 8.16. The Bertz CT molecular complexity index is 1120.